The van der Waals surface area contributed by atoms with Crippen LogP contribution < -0.4 is 0 Å². The molecular formula is C37H34N4O5. The van der Waals surface area contributed by atoms with E-state index in [0.29, 0.717) is 12.1 Å². The molecule has 1 aliphatic heterocycles. The fourth-order valence-corrected chi connectivity index (χ4v) is 6.53. The lowest BCUT2D eigenvalue weighted by atomic mass is 9.76. The van der Waals surface area contributed by atoms with E-state index in [0.717, 1.165) is 27.2 Å². The molecule has 0 saturated carbocycles. The van der Waals surface area contributed by atoms with Gasteiger partial charge in [0, 0.05) is 11.1 Å². The van der Waals surface area contributed by atoms with E-state index in [4.69, 9.17) is 9.72 Å². The minimum Gasteiger partial charge on any atom is -0.447 e. The number of benzene rings is 4. The van der Waals surface area contributed by atoms with Crippen LogP contribution in [0.5, 0.6) is 0 Å². The molecule has 1 saturated heterocycles. The molecule has 0 radical (unpaired) electrons. The summed E-state index contributed by atoms with van der Waals surface area (Å²) in [6.45, 7) is 1.15. The molecule has 3 atom stereocenters. The Hall–Kier alpha value is -5.57. The third-order valence-corrected chi connectivity index (χ3v) is 8.80. The van der Waals surface area contributed by atoms with Gasteiger partial charge in [-0.1, -0.05) is 128 Å². The molecule has 5 aromatic rings. The second-order valence-corrected chi connectivity index (χ2v) is 11.6. The SMILES string of the molecule is C[C@@H](C(=O)N1C(=O)OC[C@@H]1Cc1ccccc1)[C@@H](C[N+](=O)[O-])c1cn(C(c2ccccc2)(c2ccccc2)c2ccccc2)cn1. The molecule has 1 aliphatic rings. The van der Waals surface area contributed by atoms with E-state index >= 15 is 0 Å². The lowest BCUT2D eigenvalue weighted by molar-refractivity contribution is -0.484. The van der Waals surface area contributed by atoms with Crippen molar-refractivity contribution in [3.05, 3.63) is 172 Å². The first kappa shape index (κ1) is 30.5. The number of imide groups is 1. The van der Waals surface area contributed by atoms with Gasteiger partial charge < -0.3 is 9.30 Å². The lowest BCUT2D eigenvalue weighted by Gasteiger charge is -2.37. The summed E-state index contributed by atoms with van der Waals surface area (Å²) in [6, 6.07) is 39.0. The van der Waals surface area contributed by atoms with Crippen LogP contribution in [0.15, 0.2) is 134 Å². The van der Waals surface area contributed by atoms with Crippen LogP contribution in [-0.4, -0.2) is 50.6 Å². The van der Waals surface area contributed by atoms with Crippen molar-refractivity contribution in [3.8, 4) is 0 Å². The predicted octanol–water partition coefficient (Wildman–Crippen LogP) is 6.31. The number of ether oxygens (including phenoxy) is 1. The van der Waals surface area contributed by atoms with Gasteiger partial charge in [-0.2, -0.15) is 0 Å². The highest BCUT2D eigenvalue weighted by atomic mass is 16.6. The summed E-state index contributed by atoms with van der Waals surface area (Å²) in [5.41, 5.74) is 3.37. The van der Waals surface area contributed by atoms with E-state index in [-0.39, 0.29) is 6.61 Å². The second kappa shape index (κ2) is 13.2. The van der Waals surface area contributed by atoms with Gasteiger partial charge in [0.25, 0.3) is 0 Å². The van der Waals surface area contributed by atoms with Crippen LogP contribution in [0.2, 0.25) is 0 Å². The molecule has 46 heavy (non-hydrogen) atoms. The van der Waals surface area contributed by atoms with Crippen molar-refractivity contribution in [2.75, 3.05) is 13.2 Å². The van der Waals surface area contributed by atoms with E-state index in [1.165, 1.54) is 0 Å². The van der Waals surface area contributed by atoms with Crippen LogP contribution in [-0.2, 0) is 21.5 Å². The van der Waals surface area contributed by atoms with Crippen LogP contribution in [0.4, 0.5) is 4.79 Å². The first-order valence-electron chi connectivity index (χ1n) is 15.3. The normalized spacial score (nSPS) is 16.1. The maximum atomic E-state index is 14.0. The minimum absolute atomic E-state index is 0.0640. The van der Waals surface area contributed by atoms with E-state index in [2.05, 4.69) is 0 Å². The summed E-state index contributed by atoms with van der Waals surface area (Å²) in [4.78, 5) is 44.3. The van der Waals surface area contributed by atoms with Crippen LogP contribution in [0.3, 0.4) is 0 Å². The average Bonchev–Trinajstić information content (AvgIpc) is 3.72. The summed E-state index contributed by atoms with van der Waals surface area (Å²) in [6.07, 6.45) is 3.16. The molecule has 1 fully saturated rings. The molecule has 9 nitrogen and oxygen atoms in total. The number of imidazole rings is 1. The minimum atomic E-state index is -0.933. The number of rotatable bonds is 11. The molecule has 0 aliphatic carbocycles. The number of nitro groups is 1. The number of hydrogen-bond donors (Lipinski definition) is 0. The predicted molar refractivity (Wildman–Crippen MR) is 173 cm³/mol. The van der Waals surface area contributed by atoms with Gasteiger partial charge in [0.1, 0.15) is 12.1 Å². The van der Waals surface area contributed by atoms with Crippen LogP contribution >= 0.6 is 0 Å². The van der Waals surface area contributed by atoms with Gasteiger partial charge in [0.2, 0.25) is 12.5 Å². The number of cyclic esters (lactones) is 1. The maximum Gasteiger partial charge on any atom is 0.416 e. The van der Waals surface area contributed by atoms with Crippen molar-refractivity contribution < 1.29 is 19.2 Å². The molecular weight excluding hydrogens is 580 g/mol. The van der Waals surface area contributed by atoms with Crippen molar-refractivity contribution in [1.29, 1.82) is 0 Å². The largest absolute Gasteiger partial charge is 0.447 e. The zero-order valence-corrected chi connectivity index (χ0v) is 25.4. The first-order valence-corrected chi connectivity index (χ1v) is 15.3. The molecule has 232 valence electrons. The van der Waals surface area contributed by atoms with Crippen molar-refractivity contribution in [3.63, 3.8) is 0 Å². The molecule has 4 aromatic carbocycles. The Morgan fingerprint density at radius 3 is 1.89 bits per heavy atom. The highest BCUT2D eigenvalue weighted by Gasteiger charge is 2.44. The third kappa shape index (κ3) is 5.79. The van der Waals surface area contributed by atoms with E-state index in [9.17, 15) is 19.7 Å². The topological polar surface area (TPSA) is 108 Å². The summed E-state index contributed by atoms with van der Waals surface area (Å²) in [5.74, 6) is -2.36. The number of carbonyl (C=O) groups excluding carboxylic acids is 2. The summed E-state index contributed by atoms with van der Waals surface area (Å²) in [5, 5.41) is 12.0. The number of amides is 2. The molecule has 0 N–H and O–H groups in total. The fourth-order valence-electron chi connectivity index (χ4n) is 6.53. The molecule has 9 heteroatoms. The molecule has 0 bridgehead atoms. The lowest BCUT2D eigenvalue weighted by Crippen LogP contribution is -2.45. The Labute approximate surface area is 267 Å². The van der Waals surface area contributed by atoms with Gasteiger partial charge in [-0.3, -0.25) is 14.9 Å². The average molecular weight is 615 g/mol. The molecule has 2 amide bonds. The molecule has 1 aromatic heterocycles. The monoisotopic (exact) mass is 614 g/mol. The van der Waals surface area contributed by atoms with Crippen LogP contribution in [0.1, 0.15) is 40.8 Å². The molecule has 0 unspecified atom stereocenters. The second-order valence-electron chi connectivity index (χ2n) is 11.6. The standard InChI is InChI=1S/C37H34N4O5/c1-27(35(42)41-32(25-46-36(41)43)22-28-14-6-2-7-15-28)33(23-40(44)45)34-24-39(26-38-34)37(29-16-8-3-9-17-29,30-18-10-4-11-19-30)31-20-12-5-13-21-31/h2-21,24,26-27,32-33H,22-23,25H2,1H3/t27-,32+,33-/m1/s1. The Bertz CT molecular complexity index is 1700. The van der Waals surface area contributed by atoms with Gasteiger partial charge in [-0.05, 0) is 28.7 Å². The fraction of sp³-hybridized carbons (Fsp3) is 0.216. The van der Waals surface area contributed by atoms with Crippen molar-refractivity contribution >= 4 is 12.0 Å². The Morgan fingerprint density at radius 2 is 1.39 bits per heavy atom. The number of hydrogen-bond acceptors (Lipinski definition) is 6. The van der Waals surface area contributed by atoms with Crippen molar-refractivity contribution in [1.82, 2.24) is 14.5 Å². The van der Waals surface area contributed by atoms with Gasteiger partial charge >= 0.3 is 6.09 Å². The Balaban J connectivity index is 1.41. The quantitative estimate of drug-likeness (QED) is 0.0981. The van der Waals surface area contributed by atoms with E-state index in [1.807, 2.05) is 126 Å². The maximum absolute atomic E-state index is 14.0. The van der Waals surface area contributed by atoms with E-state index < -0.39 is 46.9 Å². The summed E-state index contributed by atoms with van der Waals surface area (Å²) in [7, 11) is 0. The van der Waals surface area contributed by atoms with Crippen LogP contribution in [0.25, 0.3) is 0 Å². The first-order chi connectivity index (χ1) is 22.4. The number of nitrogens with zero attached hydrogens (tertiary/aromatic N) is 4. The Morgan fingerprint density at radius 1 is 0.891 bits per heavy atom. The van der Waals surface area contributed by atoms with Crippen LogP contribution in [0, 0.1) is 16.0 Å². The van der Waals surface area contributed by atoms with Crippen molar-refractivity contribution in [2.45, 2.75) is 30.8 Å². The van der Waals surface area contributed by atoms with Gasteiger partial charge in [0.15, 0.2) is 0 Å². The summed E-state index contributed by atoms with van der Waals surface area (Å²) >= 11 is 0. The smallest absolute Gasteiger partial charge is 0.416 e. The zero-order valence-electron chi connectivity index (χ0n) is 25.4. The highest BCUT2D eigenvalue weighted by molar-refractivity contribution is 5.95. The summed E-state index contributed by atoms with van der Waals surface area (Å²) < 4.78 is 7.26. The molecule has 6 rings (SSSR count). The van der Waals surface area contributed by atoms with Gasteiger partial charge in [-0.15, -0.1) is 0 Å². The zero-order chi connectivity index (χ0) is 32.1. The van der Waals surface area contributed by atoms with Gasteiger partial charge in [0.05, 0.1) is 29.9 Å². The molecule has 2 heterocycles. The van der Waals surface area contributed by atoms with Crippen molar-refractivity contribution in [2.24, 2.45) is 5.92 Å². The number of aromatic nitrogens is 2. The Kier molecular flexibility index (Phi) is 8.74. The third-order valence-electron chi connectivity index (χ3n) is 8.80. The van der Waals surface area contributed by atoms with E-state index in [1.54, 1.807) is 19.4 Å². The highest BCUT2D eigenvalue weighted by Crippen LogP contribution is 2.41. The number of carbonyl (C=O) groups is 2. The molecule has 0 spiro atoms. The van der Waals surface area contributed by atoms with Gasteiger partial charge in [-0.25, -0.2) is 14.7 Å².